The zero-order valence-electron chi connectivity index (χ0n) is 15.8. The van der Waals surface area contributed by atoms with Crippen LogP contribution in [0.5, 0.6) is 5.75 Å². The summed E-state index contributed by atoms with van der Waals surface area (Å²) in [4.78, 5) is 22.9. The van der Waals surface area contributed by atoms with Crippen LogP contribution >= 0.6 is 0 Å². The van der Waals surface area contributed by atoms with Gasteiger partial charge in [-0.1, -0.05) is 17.3 Å². The van der Waals surface area contributed by atoms with Crippen molar-refractivity contribution < 1.29 is 9.26 Å². The van der Waals surface area contributed by atoms with Crippen LogP contribution in [0, 0.1) is 0 Å². The van der Waals surface area contributed by atoms with Crippen LogP contribution in [0.2, 0.25) is 0 Å². The number of rotatable bonds is 5. The van der Waals surface area contributed by atoms with Gasteiger partial charge in [0.05, 0.1) is 37.1 Å². The van der Waals surface area contributed by atoms with Crippen LogP contribution in [0.3, 0.4) is 0 Å². The minimum atomic E-state index is -0.0779. The third-order valence-electron chi connectivity index (χ3n) is 5.06. The fourth-order valence-electron chi connectivity index (χ4n) is 3.55. The number of aromatic amines is 1. The summed E-state index contributed by atoms with van der Waals surface area (Å²) in [6.45, 7) is 1.45. The second kappa shape index (κ2) is 7.44. The summed E-state index contributed by atoms with van der Waals surface area (Å²) in [5.74, 6) is 1.82. The van der Waals surface area contributed by atoms with Gasteiger partial charge in [0.1, 0.15) is 11.4 Å². The number of methoxy groups -OCH3 is 1. The number of hydrogen-bond acceptors (Lipinski definition) is 8. The molecule has 4 aromatic rings. The summed E-state index contributed by atoms with van der Waals surface area (Å²) in [7, 11) is 1.67. The second-order valence-corrected chi connectivity index (χ2v) is 6.85. The molecule has 0 unspecified atom stereocenters. The highest BCUT2D eigenvalue weighted by atomic mass is 16.5. The quantitative estimate of drug-likeness (QED) is 0.555. The van der Waals surface area contributed by atoms with Crippen molar-refractivity contribution in [1.29, 1.82) is 0 Å². The van der Waals surface area contributed by atoms with Crippen molar-refractivity contribution in [2.75, 3.05) is 7.11 Å². The molecule has 0 fully saturated rings. The van der Waals surface area contributed by atoms with Crippen LogP contribution < -0.4 is 4.74 Å². The molecule has 1 aromatic carbocycles. The lowest BCUT2D eigenvalue weighted by atomic mass is 10.0. The molecule has 5 rings (SSSR count). The van der Waals surface area contributed by atoms with Crippen LogP contribution in [0.15, 0.2) is 53.7 Å². The number of H-pyrrole nitrogens is 1. The molecule has 1 aliphatic rings. The Balaban J connectivity index is 1.44. The number of nitrogens with one attached hydrogen (secondary N) is 1. The van der Waals surface area contributed by atoms with Gasteiger partial charge in [0.25, 0.3) is 0 Å². The summed E-state index contributed by atoms with van der Waals surface area (Å²) < 4.78 is 10.9. The third-order valence-corrected chi connectivity index (χ3v) is 5.06. The van der Waals surface area contributed by atoms with Crippen LogP contribution in [0.4, 0.5) is 0 Å². The van der Waals surface area contributed by atoms with Crippen LogP contribution in [-0.4, -0.2) is 42.1 Å². The summed E-state index contributed by atoms with van der Waals surface area (Å²) >= 11 is 0. The van der Waals surface area contributed by atoms with E-state index in [0.717, 1.165) is 30.2 Å². The van der Waals surface area contributed by atoms with Gasteiger partial charge in [-0.25, -0.2) is 9.97 Å². The first kappa shape index (κ1) is 17.5. The smallest absolute Gasteiger partial charge is 0.244 e. The van der Waals surface area contributed by atoms with Gasteiger partial charge < -0.3 is 14.2 Å². The van der Waals surface area contributed by atoms with E-state index in [9.17, 15) is 0 Å². The fourth-order valence-corrected chi connectivity index (χ4v) is 3.55. The molecule has 0 spiro atoms. The molecule has 146 valence electrons. The molecule has 1 N–H and O–H groups in total. The summed E-state index contributed by atoms with van der Waals surface area (Å²) in [6, 6.07) is 7.99. The van der Waals surface area contributed by atoms with Crippen molar-refractivity contribution in [3.63, 3.8) is 0 Å². The molecule has 0 saturated carbocycles. The number of ether oxygens (including phenoxy) is 1. The molecule has 4 heterocycles. The Labute approximate surface area is 166 Å². The maximum absolute atomic E-state index is 5.63. The van der Waals surface area contributed by atoms with Crippen molar-refractivity contribution in [3.05, 3.63) is 72.0 Å². The molecule has 0 radical (unpaired) electrons. The van der Waals surface area contributed by atoms with E-state index in [2.05, 4.69) is 47.1 Å². The normalized spacial score (nSPS) is 16.5. The van der Waals surface area contributed by atoms with E-state index in [0.29, 0.717) is 23.8 Å². The van der Waals surface area contributed by atoms with Crippen molar-refractivity contribution in [3.8, 4) is 17.3 Å². The molecule has 0 aliphatic carbocycles. The second-order valence-electron chi connectivity index (χ2n) is 6.85. The monoisotopic (exact) mass is 389 g/mol. The number of aromatic nitrogens is 6. The minimum absolute atomic E-state index is 0.0779. The Morgan fingerprint density at radius 1 is 1.21 bits per heavy atom. The standard InChI is InChI=1S/C20H19N7O2/c1-28-14-4-2-13(3-5-14)10-27-11-17-15(23-12-24-17)8-18(27)20-25-19(26-29-20)16-9-21-6-7-22-16/h2-7,9,12,18H,8,10-11H2,1H3,(H,23,24)/t18-/m0/s1. The average molecular weight is 389 g/mol. The third kappa shape index (κ3) is 3.47. The molecule has 9 heteroatoms. The molecule has 1 aliphatic heterocycles. The maximum atomic E-state index is 5.63. The fraction of sp³-hybridized carbons (Fsp3) is 0.250. The number of benzene rings is 1. The van der Waals surface area contributed by atoms with E-state index in [1.54, 1.807) is 32.0 Å². The zero-order chi connectivity index (χ0) is 19.6. The highest BCUT2D eigenvalue weighted by Crippen LogP contribution is 2.33. The van der Waals surface area contributed by atoms with E-state index >= 15 is 0 Å². The van der Waals surface area contributed by atoms with Gasteiger partial charge in [-0.3, -0.25) is 9.88 Å². The first-order valence-electron chi connectivity index (χ1n) is 9.28. The summed E-state index contributed by atoms with van der Waals surface area (Å²) in [5, 5.41) is 4.11. The first-order valence-corrected chi connectivity index (χ1v) is 9.28. The van der Waals surface area contributed by atoms with Gasteiger partial charge in [0.15, 0.2) is 0 Å². The Hall–Kier alpha value is -3.59. The van der Waals surface area contributed by atoms with Gasteiger partial charge in [-0.2, -0.15) is 4.98 Å². The van der Waals surface area contributed by atoms with Gasteiger partial charge in [-0.15, -0.1) is 0 Å². The van der Waals surface area contributed by atoms with Crippen LogP contribution in [0.25, 0.3) is 11.5 Å². The van der Waals surface area contributed by atoms with Crippen molar-refractivity contribution in [2.45, 2.75) is 25.6 Å². The van der Waals surface area contributed by atoms with Gasteiger partial charge in [0.2, 0.25) is 11.7 Å². The highest BCUT2D eigenvalue weighted by molar-refractivity contribution is 5.45. The lowest BCUT2D eigenvalue weighted by Gasteiger charge is -2.32. The molecule has 0 saturated heterocycles. The van der Waals surface area contributed by atoms with Crippen molar-refractivity contribution in [2.24, 2.45) is 0 Å². The zero-order valence-corrected chi connectivity index (χ0v) is 15.8. The minimum Gasteiger partial charge on any atom is -0.497 e. The maximum Gasteiger partial charge on any atom is 0.244 e. The number of hydrogen-bond donors (Lipinski definition) is 1. The lowest BCUT2D eigenvalue weighted by Crippen LogP contribution is -2.34. The average Bonchev–Trinajstić information content (AvgIpc) is 3.44. The molecule has 3 aromatic heterocycles. The Morgan fingerprint density at radius 3 is 2.90 bits per heavy atom. The Bertz CT molecular complexity index is 1090. The number of fused-ring (bicyclic) bond motifs is 1. The molecule has 0 bridgehead atoms. The number of nitrogens with zero attached hydrogens (tertiary/aromatic N) is 6. The molecule has 9 nitrogen and oxygen atoms in total. The molecule has 29 heavy (non-hydrogen) atoms. The van der Waals surface area contributed by atoms with Crippen molar-refractivity contribution in [1.82, 2.24) is 35.0 Å². The van der Waals surface area contributed by atoms with E-state index < -0.39 is 0 Å². The van der Waals surface area contributed by atoms with Crippen LogP contribution in [0.1, 0.15) is 28.9 Å². The topological polar surface area (TPSA) is 106 Å². The van der Waals surface area contributed by atoms with Gasteiger partial charge in [-0.05, 0) is 17.7 Å². The molecular weight excluding hydrogens is 370 g/mol. The SMILES string of the molecule is COc1ccc(CN2Cc3[nH]cnc3C[C@H]2c2nc(-c3cnccn3)no2)cc1. The number of imidazole rings is 1. The highest BCUT2D eigenvalue weighted by Gasteiger charge is 2.33. The summed E-state index contributed by atoms with van der Waals surface area (Å²) in [5.41, 5.74) is 3.90. The molecule has 1 atom stereocenters. The van der Waals surface area contributed by atoms with Gasteiger partial charge >= 0.3 is 0 Å². The predicted molar refractivity (Wildman–Crippen MR) is 103 cm³/mol. The first-order chi connectivity index (χ1) is 14.3. The largest absolute Gasteiger partial charge is 0.497 e. The lowest BCUT2D eigenvalue weighted by molar-refractivity contribution is 0.128. The van der Waals surface area contributed by atoms with E-state index in [-0.39, 0.29) is 6.04 Å². The molecule has 0 amide bonds. The Morgan fingerprint density at radius 2 is 2.10 bits per heavy atom. The summed E-state index contributed by atoms with van der Waals surface area (Å²) in [6.07, 6.45) is 7.27. The van der Waals surface area contributed by atoms with Crippen molar-refractivity contribution >= 4 is 0 Å². The van der Waals surface area contributed by atoms with Crippen LogP contribution in [-0.2, 0) is 19.5 Å². The van der Waals surface area contributed by atoms with Gasteiger partial charge in [0, 0.05) is 31.9 Å². The van der Waals surface area contributed by atoms with E-state index in [1.165, 1.54) is 5.56 Å². The van der Waals surface area contributed by atoms with E-state index in [1.807, 2.05) is 12.1 Å². The predicted octanol–water partition coefficient (Wildman–Crippen LogP) is 2.56. The Kier molecular flexibility index (Phi) is 4.49. The molecular formula is C20H19N7O2. The van der Waals surface area contributed by atoms with E-state index in [4.69, 9.17) is 9.26 Å².